The minimum atomic E-state index is -0.0390. The molecule has 0 fully saturated rings. The third kappa shape index (κ3) is 2.73. The van der Waals surface area contributed by atoms with Crippen LogP contribution in [0.4, 0.5) is 0 Å². The molecule has 0 radical (unpaired) electrons. The van der Waals surface area contributed by atoms with Crippen LogP contribution in [0.25, 0.3) is 11.3 Å². The van der Waals surface area contributed by atoms with Crippen LogP contribution < -0.4 is 0 Å². The molecule has 0 saturated carbocycles. The third-order valence-corrected chi connectivity index (χ3v) is 4.57. The van der Waals surface area contributed by atoms with Gasteiger partial charge >= 0.3 is 0 Å². The van der Waals surface area contributed by atoms with Crippen LogP contribution in [0, 0.1) is 6.92 Å². The van der Waals surface area contributed by atoms with E-state index in [4.69, 9.17) is 4.42 Å². The second kappa shape index (κ2) is 6.00. The van der Waals surface area contributed by atoms with Crippen LogP contribution >= 0.6 is 0 Å². The lowest BCUT2D eigenvalue weighted by molar-refractivity contribution is 0.0703. The highest BCUT2D eigenvalue weighted by Gasteiger charge is 2.23. The maximum absolute atomic E-state index is 12.7. The van der Waals surface area contributed by atoms with Gasteiger partial charge in [-0.1, -0.05) is 54.1 Å². The minimum absolute atomic E-state index is 0.0390. The van der Waals surface area contributed by atoms with Gasteiger partial charge < -0.3 is 9.32 Å². The Labute approximate surface area is 141 Å². The summed E-state index contributed by atoms with van der Waals surface area (Å²) < 4.78 is 5.82. The monoisotopic (exact) mass is 317 g/mol. The summed E-state index contributed by atoms with van der Waals surface area (Å²) in [6.45, 7) is 3.43. The number of hydrogen-bond donors (Lipinski definition) is 0. The molecule has 4 rings (SSSR count). The van der Waals surface area contributed by atoms with E-state index in [0.717, 1.165) is 24.3 Å². The summed E-state index contributed by atoms with van der Waals surface area (Å²) >= 11 is 0. The summed E-state index contributed by atoms with van der Waals surface area (Å²) in [7, 11) is 0. The lowest BCUT2D eigenvalue weighted by Gasteiger charge is -2.28. The average molecular weight is 317 g/mol. The van der Waals surface area contributed by atoms with Crippen LogP contribution in [0.15, 0.2) is 65.1 Å². The zero-order chi connectivity index (χ0) is 16.5. The summed E-state index contributed by atoms with van der Waals surface area (Å²) in [5.41, 5.74) is 4.75. The predicted octanol–water partition coefficient (Wildman–Crippen LogP) is 4.45. The number of carbonyl (C=O) groups excluding carboxylic acids is 1. The van der Waals surface area contributed by atoms with Crippen LogP contribution in [0.5, 0.6) is 0 Å². The Bertz CT molecular complexity index is 877. The molecule has 3 aromatic rings. The fraction of sp³-hybridized carbons (Fsp3) is 0.190. The Morgan fingerprint density at radius 2 is 1.71 bits per heavy atom. The molecule has 0 aliphatic carbocycles. The first-order chi connectivity index (χ1) is 11.7. The quantitative estimate of drug-likeness (QED) is 0.699. The van der Waals surface area contributed by atoms with E-state index in [1.54, 1.807) is 6.07 Å². The zero-order valence-electron chi connectivity index (χ0n) is 13.7. The van der Waals surface area contributed by atoms with Crippen LogP contribution in [0.2, 0.25) is 0 Å². The molecule has 1 aromatic heterocycles. The van der Waals surface area contributed by atoms with Gasteiger partial charge in [-0.2, -0.15) is 0 Å². The third-order valence-electron chi connectivity index (χ3n) is 4.57. The van der Waals surface area contributed by atoms with Crippen molar-refractivity contribution in [1.82, 2.24) is 4.90 Å². The smallest absolute Gasteiger partial charge is 0.289 e. The average Bonchev–Trinajstić information content (AvgIpc) is 3.11. The molecule has 0 saturated heterocycles. The van der Waals surface area contributed by atoms with Gasteiger partial charge in [0, 0.05) is 18.7 Å². The molecule has 3 heteroatoms. The van der Waals surface area contributed by atoms with Crippen molar-refractivity contribution in [2.24, 2.45) is 0 Å². The van der Waals surface area contributed by atoms with Crippen LogP contribution in [-0.4, -0.2) is 17.4 Å². The second-order valence-electron chi connectivity index (χ2n) is 6.28. The molecule has 24 heavy (non-hydrogen) atoms. The lowest BCUT2D eigenvalue weighted by atomic mass is 10.00. The number of nitrogens with zero attached hydrogens (tertiary/aromatic N) is 1. The van der Waals surface area contributed by atoms with Gasteiger partial charge in [-0.3, -0.25) is 4.79 Å². The summed E-state index contributed by atoms with van der Waals surface area (Å²) in [4.78, 5) is 14.6. The number of hydrogen-bond acceptors (Lipinski definition) is 2. The van der Waals surface area contributed by atoms with Gasteiger partial charge in [0.15, 0.2) is 5.76 Å². The predicted molar refractivity (Wildman–Crippen MR) is 93.8 cm³/mol. The lowest BCUT2D eigenvalue weighted by Crippen LogP contribution is -2.35. The Balaban J connectivity index is 1.55. The van der Waals surface area contributed by atoms with Crippen LogP contribution in [0.1, 0.15) is 27.2 Å². The normalized spacial score (nSPS) is 13.6. The summed E-state index contributed by atoms with van der Waals surface area (Å²) in [5.74, 6) is 1.10. The molecular weight excluding hydrogens is 298 g/mol. The molecular formula is C21H19NO2. The van der Waals surface area contributed by atoms with E-state index >= 15 is 0 Å². The Morgan fingerprint density at radius 1 is 0.958 bits per heavy atom. The SMILES string of the molecule is Cc1ccc(-c2ccc(C(=O)N3CCc4ccccc4C3)o2)cc1. The van der Waals surface area contributed by atoms with Crippen molar-refractivity contribution in [1.29, 1.82) is 0 Å². The van der Waals surface area contributed by atoms with Crippen molar-refractivity contribution >= 4 is 5.91 Å². The van der Waals surface area contributed by atoms with E-state index in [0.29, 0.717) is 12.3 Å². The number of benzene rings is 2. The van der Waals surface area contributed by atoms with Gasteiger partial charge in [0.25, 0.3) is 5.91 Å². The Kier molecular flexibility index (Phi) is 3.69. The topological polar surface area (TPSA) is 33.5 Å². The fourth-order valence-electron chi connectivity index (χ4n) is 3.15. The second-order valence-corrected chi connectivity index (χ2v) is 6.28. The van der Waals surface area contributed by atoms with Gasteiger partial charge in [-0.05, 0) is 36.6 Å². The molecule has 1 amide bonds. The van der Waals surface area contributed by atoms with Gasteiger partial charge in [0.1, 0.15) is 5.76 Å². The minimum Gasteiger partial charge on any atom is -0.451 e. The molecule has 1 aliphatic heterocycles. The number of rotatable bonds is 2. The van der Waals surface area contributed by atoms with E-state index in [9.17, 15) is 4.79 Å². The van der Waals surface area contributed by atoms with E-state index in [1.807, 2.05) is 41.3 Å². The summed E-state index contributed by atoms with van der Waals surface area (Å²) in [6, 6.07) is 20.1. The first-order valence-electron chi connectivity index (χ1n) is 8.23. The highest BCUT2D eigenvalue weighted by molar-refractivity contribution is 5.92. The Morgan fingerprint density at radius 3 is 2.50 bits per heavy atom. The van der Waals surface area contributed by atoms with Crippen molar-refractivity contribution in [2.75, 3.05) is 6.54 Å². The molecule has 0 N–H and O–H groups in total. The van der Waals surface area contributed by atoms with Crippen molar-refractivity contribution in [3.8, 4) is 11.3 Å². The van der Waals surface area contributed by atoms with Crippen LogP contribution in [0.3, 0.4) is 0 Å². The molecule has 3 nitrogen and oxygen atoms in total. The number of fused-ring (bicyclic) bond motifs is 1. The molecule has 0 spiro atoms. The van der Waals surface area contributed by atoms with E-state index in [1.165, 1.54) is 16.7 Å². The fourth-order valence-corrected chi connectivity index (χ4v) is 3.15. The molecule has 1 aliphatic rings. The van der Waals surface area contributed by atoms with Gasteiger partial charge in [0.05, 0.1) is 0 Å². The molecule has 0 unspecified atom stereocenters. The van der Waals surface area contributed by atoms with Crippen LogP contribution in [-0.2, 0) is 13.0 Å². The molecule has 2 aromatic carbocycles. The van der Waals surface area contributed by atoms with Gasteiger partial charge in [0.2, 0.25) is 0 Å². The van der Waals surface area contributed by atoms with Crippen molar-refractivity contribution in [2.45, 2.75) is 19.9 Å². The highest BCUT2D eigenvalue weighted by atomic mass is 16.4. The van der Waals surface area contributed by atoms with Gasteiger partial charge in [-0.25, -0.2) is 0 Å². The van der Waals surface area contributed by atoms with Gasteiger partial charge in [-0.15, -0.1) is 0 Å². The molecule has 0 bridgehead atoms. The maximum Gasteiger partial charge on any atom is 0.289 e. The Hall–Kier alpha value is -2.81. The van der Waals surface area contributed by atoms with E-state index in [2.05, 4.69) is 25.1 Å². The number of carbonyl (C=O) groups is 1. The molecule has 2 heterocycles. The maximum atomic E-state index is 12.7. The first kappa shape index (κ1) is 14.8. The number of furan rings is 1. The number of aryl methyl sites for hydroxylation is 1. The standard InChI is InChI=1S/C21H19NO2/c1-15-6-8-17(9-7-15)19-10-11-20(24-19)21(23)22-13-12-16-4-2-3-5-18(16)14-22/h2-11H,12-14H2,1H3. The highest BCUT2D eigenvalue weighted by Crippen LogP contribution is 2.25. The van der Waals surface area contributed by atoms with Crippen molar-refractivity contribution in [3.05, 3.63) is 83.1 Å². The first-order valence-corrected chi connectivity index (χ1v) is 8.23. The molecule has 0 atom stereocenters. The molecule has 120 valence electrons. The number of amides is 1. The zero-order valence-corrected chi connectivity index (χ0v) is 13.7. The summed E-state index contributed by atoms with van der Waals surface area (Å²) in [5, 5.41) is 0. The van der Waals surface area contributed by atoms with Crippen molar-refractivity contribution < 1.29 is 9.21 Å². The van der Waals surface area contributed by atoms with Crippen molar-refractivity contribution in [3.63, 3.8) is 0 Å². The van der Waals surface area contributed by atoms with E-state index < -0.39 is 0 Å². The largest absolute Gasteiger partial charge is 0.451 e. The van der Waals surface area contributed by atoms with E-state index in [-0.39, 0.29) is 5.91 Å². The summed E-state index contributed by atoms with van der Waals surface area (Å²) in [6.07, 6.45) is 0.896.